The highest BCUT2D eigenvalue weighted by atomic mass is 32.1. The normalized spacial score (nSPS) is 19.1. The zero-order chi connectivity index (χ0) is 10.1. The summed E-state index contributed by atoms with van der Waals surface area (Å²) >= 11 is 5.01. The molecule has 3 heteroatoms. The molecule has 2 rings (SSSR count). The van der Waals surface area contributed by atoms with E-state index in [9.17, 15) is 4.79 Å². The first kappa shape index (κ1) is 9.09. The van der Waals surface area contributed by atoms with Gasteiger partial charge >= 0.3 is 5.97 Å². The Kier molecular flexibility index (Phi) is 2.17. The van der Waals surface area contributed by atoms with E-state index in [0.717, 1.165) is 11.1 Å². The van der Waals surface area contributed by atoms with E-state index >= 15 is 0 Å². The van der Waals surface area contributed by atoms with Crippen LogP contribution >= 0.6 is 12.2 Å². The highest BCUT2D eigenvalue weighted by Gasteiger charge is 2.27. The Morgan fingerprint density at radius 2 is 2.00 bits per heavy atom. The molecule has 1 N–H and O–H groups in total. The molecule has 0 saturated carbocycles. The van der Waals surface area contributed by atoms with Gasteiger partial charge in [0.05, 0.1) is 0 Å². The van der Waals surface area contributed by atoms with Gasteiger partial charge in [0, 0.05) is 4.86 Å². The van der Waals surface area contributed by atoms with Crippen molar-refractivity contribution >= 4 is 29.1 Å². The number of allylic oxidation sites excluding steroid dienone is 1. The lowest BCUT2D eigenvalue weighted by atomic mass is 9.87. The average molecular weight is 204 g/mol. The molecule has 1 aromatic rings. The molecule has 0 bridgehead atoms. The number of carboxylic acids is 1. The summed E-state index contributed by atoms with van der Waals surface area (Å²) in [6.45, 7) is 0. The molecular formula is C11H8O2S. The highest BCUT2D eigenvalue weighted by molar-refractivity contribution is 7.81. The first-order valence-corrected chi connectivity index (χ1v) is 4.64. The SMILES string of the molecule is O=C(O)C1C(=S)C=Cc2ccccc21. The maximum Gasteiger partial charge on any atom is 0.316 e. The van der Waals surface area contributed by atoms with Crippen molar-refractivity contribution in [2.45, 2.75) is 5.92 Å². The number of aliphatic carboxylic acids is 1. The predicted octanol–water partition coefficient (Wildman–Crippen LogP) is 2.25. The van der Waals surface area contributed by atoms with Gasteiger partial charge in [0.15, 0.2) is 0 Å². The van der Waals surface area contributed by atoms with Gasteiger partial charge in [0.1, 0.15) is 5.92 Å². The molecular weight excluding hydrogens is 196 g/mol. The number of carbonyl (C=O) groups is 1. The van der Waals surface area contributed by atoms with E-state index in [-0.39, 0.29) is 0 Å². The van der Waals surface area contributed by atoms with Crippen LogP contribution in [0.4, 0.5) is 0 Å². The topological polar surface area (TPSA) is 37.3 Å². The van der Waals surface area contributed by atoms with Gasteiger partial charge in [-0.15, -0.1) is 0 Å². The number of hydrogen-bond donors (Lipinski definition) is 1. The Labute approximate surface area is 86.9 Å². The van der Waals surface area contributed by atoms with Gasteiger partial charge in [-0.05, 0) is 17.2 Å². The second kappa shape index (κ2) is 3.35. The van der Waals surface area contributed by atoms with Gasteiger partial charge in [0.2, 0.25) is 0 Å². The van der Waals surface area contributed by atoms with Crippen LogP contribution in [0, 0.1) is 0 Å². The minimum absolute atomic E-state index is 0.469. The molecule has 1 atom stereocenters. The third-order valence-electron chi connectivity index (χ3n) is 2.27. The molecule has 1 aliphatic rings. The summed E-state index contributed by atoms with van der Waals surface area (Å²) in [5.41, 5.74) is 1.72. The Bertz CT molecular complexity index is 435. The van der Waals surface area contributed by atoms with Crippen LogP contribution in [0.15, 0.2) is 30.3 Å². The fourth-order valence-electron chi connectivity index (χ4n) is 1.60. The number of rotatable bonds is 1. The van der Waals surface area contributed by atoms with Gasteiger partial charge < -0.3 is 5.11 Å². The number of benzene rings is 1. The van der Waals surface area contributed by atoms with Crippen LogP contribution in [-0.2, 0) is 4.79 Å². The largest absolute Gasteiger partial charge is 0.481 e. The molecule has 0 aliphatic heterocycles. The summed E-state index contributed by atoms with van der Waals surface area (Å²) in [6, 6.07) is 7.42. The van der Waals surface area contributed by atoms with Crippen molar-refractivity contribution in [3.8, 4) is 0 Å². The van der Waals surface area contributed by atoms with Crippen LogP contribution < -0.4 is 0 Å². The summed E-state index contributed by atoms with van der Waals surface area (Å²) in [6.07, 6.45) is 3.55. The lowest BCUT2D eigenvalue weighted by Gasteiger charge is -2.18. The molecule has 1 aliphatic carbocycles. The zero-order valence-corrected chi connectivity index (χ0v) is 8.12. The molecule has 0 amide bonds. The van der Waals surface area contributed by atoms with E-state index in [1.54, 1.807) is 6.08 Å². The van der Waals surface area contributed by atoms with E-state index in [1.165, 1.54) is 0 Å². The Morgan fingerprint density at radius 1 is 1.29 bits per heavy atom. The summed E-state index contributed by atoms with van der Waals surface area (Å²) in [7, 11) is 0. The molecule has 1 aromatic carbocycles. The Hall–Kier alpha value is -1.48. The second-order valence-corrected chi connectivity index (χ2v) is 3.61. The summed E-state index contributed by atoms with van der Waals surface area (Å²) in [5, 5.41) is 9.03. The van der Waals surface area contributed by atoms with E-state index in [2.05, 4.69) is 0 Å². The van der Waals surface area contributed by atoms with Crippen LogP contribution in [-0.4, -0.2) is 15.9 Å². The van der Waals surface area contributed by atoms with Crippen LogP contribution in [0.3, 0.4) is 0 Å². The van der Waals surface area contributed by atoms with Gasteiger partial charge in [-0.2, -0.15) is 0 Å². The van der Waals surface area contributed by atoms with Gasteiger partial charge in [-0.1, -0.05) is 42.6 Å². The van der Waals surface area contributed by atoms with E-state index in [1.807, 2.05) is 30.3 Å². The van der Waals surface area contributed by atoms with Gasteiger partial charge in [-0.3, -0.25) is 4.79 Å². The summed E-state index contributed by atoms with van der Waals surface area (Å²) in [4.78, 5) is 11.5. The van der Waals surface area contributed by atoms with E-state index < -0.39 is 11.9 Å². The average Bonchev–Trinajstić information content (AvgIpc) is 2.17. The number of carboxylic acid groups (broad SMARTS) is 1. The molecule has 14 heavy (non-hydrogen) atoms. The summed E-state index contributed by atoms with van der Waals surface area (Å²) < 4.78 is 0. The van der Waals surface area contributed by atoms with E-state index in [0.29, 0.717) is 4.86 Å². The molecule has 0 radical (unpaired) electrons. The smallest absolute Gasteiger partial charge is 0.316 e. The fraction of sp³-hybridized carbons (Fsp3) is 0.0909. The molecule has 70 valence electrons. The lowest BCUT2D eigenvalue weighted by Crippen LogP contribution is -2.21. The fourth-order valence-corrected chi connectivity index (χ4v) is 1.90. The first-order chi connectivity index (χ1) is 6.70. The number of thiocarbonyl (C=S) groups is 1. The van der Waals surface area contributed by atoms with Gasteiger partial charge in [0.25, 0.3) is 0 Å². The molecule has 0 fully saturated rings. The maximum atomic E-state index is 11.0. The quantitative estimate of drug-likeness (QED) is 0.713. The van der Waals surface area contributed by atoms with Gasteiger partial charge in [-0.25, -0.2) is 0 Å². The maximum absolute atomic E-state index is 11.0. The number of fused-ring (bicyclic) bond motifs is 1. The molecule has 0 heterocycles. The molecule has 1 unspecified atom stereocenters. The van der Waals surface area contributed by atoms with Crippen molar-refractivity contribution in [2.75, 3.05) is 0 Å². The lowest BCUT2D eigenvalue weighted by molar-refractivity contribution is -0.137. The van der Waals surface area contributed by atoms with Crippen LogP contribution in [0.1, 0.15) is 17.0 Å². The Morgan fingerprint density at radius 3 is 2.71 bits per heavy atom. The monoisotopic (exact) mass is 204 g/mol. The van der Waals surface area contributed by atoms with Crippen molar-refractivity contribution in [3.63, 3.8) is 0 Å². The minimum Gasteiger partial charge on any atom is -0.481 e. The van der Waals surface area contributed by atoms with Crippen molar-refractivity contribution in [1.29, 1.82) is 0 Å². The van der Waals surface area contributed by atoms with Crippen molar-refractivity contribution < 1.29 is 9.90 Å². The van der Waals surface area contributed by atoms with Crippen LogP contribution in [0.25, 0.3) is 6.08 Å². The van der Waals surface area contributed by atoms with Crippen LogP contribution in [0.2, 0.25) is 0 Å². The molecule has 0 saturated heterocycles. The van der Waals surface area contributed by atoms with Crippen molar-refractivity contribution in [2.24, 2.45) is 0 Å². The third-order valence-corrected chi connectivity index (χ3v) is 2.64. The molecule has 0 aromatic heterocycles. The second-order valence-electron chi connectivity index (χ2n) is 3.14. The summed E-state index contributed by atoms with van der Waals surface area (Å²) in [5.74, 6) is -1.54. The minimum atomic E-state index is -0.883. The van der Waals surface area contributed by atoms with Crippen LogP contribution in [0.5, 0.6) is 0 Å². The first-order valence-electron chi connectivity index (χ1n) is 4.24. The highest BCUT2D eigenvalue weighted by Crippen LogP contribution is 2.28. The zero-order valence-electron chi connectivity index (χ0n) is 7.31. The standard InChI is InChI=1S/C11H8O2S/c12-11(13)10-8-4-2-1-3-7(8)5-6-9(10)14/h1-6,10H,(H,12,13). The molecule has 0 spiro atoms. The van der Waals surface area contributed by atoms with E-state index in [4.69, 9.17) is 17.3 Å². The molecule has 2 nitrogen and oxygen atoms in total. The van der Waals surface area contributed by atoms with Crippen molar-refractivity contribution in [1.82, 2.24) is 0 Å². The predicted molar refractivity (Wildman–Crippen MR) is 58.5 cm³/mol. The Balaban J connectivity index is 2.59. The van der Waals surface area contributed by atoms with Crippen molar-refractivity contribution in [3.05, 3.63) is 41.5 Å². The number of hydrogen-bond acceptors (Lipinski definition) is 2. The third kappa shape index (κ3) is 1.36.